The Morgan fingerprint density at radius 1 is 1.17 bits per heavy atom. The Morgan fingerprint density at radius 2 is 1.96 bits per heavy atom. The monoisotopic (exact) mass is 334 g/mol. The molecule has 0 aliphatic rings. The lowest BCUT2D eigenvalue weighted by molar-refractivity contribution is -0.137. The molecule has 0 unspecified atom stereocenters. The number of amides is 1. The predicted molar refractivity (Wildman–Crippen MR) is 89.8 cm³/mol. The Bertz CT molecular complexity index is 703. The summed E-state index contributed by atoms with van der Waals surface area (Å²) in [5.41, 5.74) is 1.11. The first-order chi connectivity index (χ1) is 11.1. The van der Waals surface area contributed by atoms with Gasteiger partial charge < -0.3 is 10.4 Å². The molecule has 0 saturated heterocycles. The van der Waals surface area contributed by atoms with E-state index in [2.05, 4.69) is 10.3 Å². The first kappa shape index (κ1) is 17.2. The molecule has 0 atom stereocenters. The predicted octanol–water partition coefficient (Wildman–Crippen LogP) is 3.65. The number of carboxylic acid groups (broad SMARTS) is 1. The first-order valence-corrected chi connectivity index (χ1v) is 8.00. The van der Waals surface area contributed by atoms with E-state index in [4.69, 9.17) is 16.7 Å². The highest BCUT2D eigenvalue weighted by Gasteiger charge is 2.12. The van der Waals surface area contributed by atoms with E-state index in [1.807, 2.05) is 6.07 Å². The second-order valence-electron chi connectivity index (χ2n) is 5.34. The first-order valence-electron chi connectivity index (χ1n) is 7.62. The van der Waals surface area contributed by atoms with Gasteiger partial charge in [-0.25, -0.2) is 0 Å². The molecule has 6 heteroatoms. The van der Waals surface area contributed by atoms with E-state index in [1.165, 1.54) is 0 Å². The van der Waals surface area contributed by atoms with Gasteiger partial charge in [-0.15, -0.1) is 0 Å². The minimum atomic E-state index is -0.765. The highest BCUT2D eigenvalue weighted by molar-refractivity contribution is 6.32. The molecule has 0 fully saturated rings. The number of nitrogens with one attached hydrogen (secondary N) is 1. The van der Waals surface area contributed by atoms with E-state index in [0.717, 1.165) is 24.6 Å². The minimum absolute atomic E-state index is 0.193. The van der Waals surface area contributed by atoms with Gasteiger partial charge in [-0.1, -0.05) is 30.5 Å². The summed E-state index contributed by atoms with van der Waals surface area (Å²) in [6, 6.07) is 7.08. The number of halogens is 1. The van der Waals surface area contributed by atoms with Gasteiger partial charge in [0.05, 0.1) is 11.1 Å². The molecule has 2 aromatic rings. The molecule has 0 spiro atoms. The van der Waals surface area contributed by atoms with E-state index < -0.39 is 5.97 Å². The molecule has 1 aromatic heterocycles. The topological polar surface area (TPSA) is 79.3 Å². The summed E-state index contributed by atoms with van der Waals surface area (Å²) >= 11 is 6.06. The van der Waals surface area contributed by atoms with Gasteiger partial charge in [-0.2, -0.15) is 0 Å². The van der Waals surface area contributed by atoms with Crippen LogP contribution in [0.25, 0.3) is 10.9 Å². The second-order valence-corrected chi connectivity index (χ2v) is 5.78. The van der Waals surface area contributed by atoms with Crippen LogP contribution in [0.3, 0.4) is 0 Å². The van der Waals surface area contributed by atoms with Crippen molar-refractivity contribution in [2.24, 2.45) is 0 Å². The van der Waals surface area contributed by atoms with Gasteiger partial charge in [0.2, 0.25) is 0 Å². The van der Waals surface area contributed by atoms with Gasteiger partial charge in [0, 0.05) is 29.6 Å². The van der Waals surface area contributed by atoms with E-state index >= 15 is 0 Å². The number of aliphatic carboxylic acids is 1. The molecule has 1 aromatic carbocycles. The number of hydrogen-bond acceptors (Lipinski definition) is 3. The maximum atomic E-state index is 12.3. The number of aromatic nitrogens is 1. The Kier molecular flexibility index (Phi) is 6.35. The number of carbonyl (C=O) groups excluding carboxylic acids is 1. The van der Waals surface area contributed by atoms with E-state index in [0.29, 0.717) is 29.1 Å². The minimum Gasteiger partial charge on any atom is -0.481 e. The summed E-state index contributed by atoms with van der Waals surface area (Å²) in [4.78, 5) is 27.0. The normalized spacial score (nSPS) is 10.7. The molecule has 2 N–H and O–H groups in total. The summed E-state index contributed by atoms with van der Waals surface area (Å²) in [5.74, 6) is -0.958. The Labute approximate surface area is 139 Å². The van der Waals surface area contributed by atoms with Gasteiger partial charge in [-0.05, 0) is 31.0 Å². The molecular formula is C17H19ClN2O3. The van der Waals surface area contributed by atoms with Crippen molar-refractivity contribution >= 4 is 34.4 Å². The van der Waals surface area contributed by atoms with Crippen LogP contribution in [0.4, 0.5) is 0 Å². The van der Waals surface area contributed by atoms with Crippen molar-refractivity contribution in [3.63, 3.8) is 0 Å². The van der Waals surface area contributed by atoms with Gasteiger partial charge in [0.15, 0.2) is 0 Å². The van der Waals surface area contributed by atoms with Crippen molar-refractivity contribution in [1.29, 1.82) is 0 Å². The number of hydrogen-bond donors (Lipinski definition) is 2. The molecule has 0 aliphatic heterocycles. The Morgan fingerprint density at radius 3 is 2.74 bits per heavy atom. The smallest absolute Gasteiger partial charge is 0.303 e. The third-order valence-corrected chi connectivity index (χ3v) is 3.74. The number of nitrogens with zero attached hydrogens (tertiary/aromatic N) is 1. The third kappa shape index (κ3) is 5.21. The van der Waals surface area contributed by atoms with Crippen LogP contribution in [0.15, 0.2) is 30.5 Å². The number of unbranched alkanes of at least 4 members (excludes halogenated alkanes) is 3. The standard InChI is InChI=1S/C17H19ClN2O3/c18-13-10-12-6-5-9-19-16(12)14(11-13)17(23)20-8-4-2-1-3-7-15(21)22/h5-6,9-11H,1-4,7-8H2,(H,20,23)(H,21,22). The summed E-state index contributed by atoms with van der Waals surface area (Å²) in [6.45, 7) is 0.548. The van der Waals surface area contributed by atoms with Crippen molar-refractivity contribution in [2.75, 3.05) is 6.54 Å². The van der Waals surface area contributed by atoms with Crippen LogP contribution in [0.2, 0.25) is 5.02 Å². The number of pyridine rings is 1. The van der Waals surface area contributed by atoms with Crippen LogP contribution in [0.1, 0.15) is 42.5 Å². The highest BCUT2D eigenvalue weighted by Crippen LogP contribution is 2.22. The summed E-state index contributed by atoms with van der Waals surface area (Å²) < 4.78 is 0. The zero-order chi connectivity index (χ0) is 16.7. The van der Waals surface area contributed by atoms with Crippen LogP contribution >= 0.6 is 11.6 Å². The molecule has 5 nitrogen and oxygen atoms in total. The van der Waals surface area contributed by atoms with Gasteiger partial charge >= 0.3 is 5.97 Å². The quantitative estimate of drug-likeness (QED) is 0.722. The lowest BCUT2D eigenvalue weighted by atomic mass is 10.1. The molecular weight excluding hydrogens is 316 g/mol. The number of carbonyl (C=O) groups is 2. The van der Waals surface area contributed by atoms with E-state index in [-0.39, 0.29) is 12.3 Å². The zero-order valence-electron chi connectivity index (χ0n) is 12.7. The van der Waals surface area contributed by atoms with Crippen molar-refractivity contribution in [2.45, 2.75) is 32.1 Å². The van der Waals surface area contributed by atoms with Crippen molar-refractivity contribution in [1.82, 2.24) is 10.3 Å². The average molecular weight is 335 g/mol. The summed E-state index contributed by atoms with van der Waals surface area (Å²) in [7, 11) is 0. The number of fused-ring (bicyclic) bond motifs is 1. The van der Waals surface area contributed by atoms with Gasteiger partial charge in [0.1, 0.15) is 0 Å². The van der Waals surface area contributed by atoms with Crippen LogP contribution < -0.4 is 5.32 Å². The van der Waals surface area contributed by atoms with E-state index in [9.17, 15) is 9.59 Å². The van der Waals surface area contributed by atoms with Crippen molar-refractivity contribution in [3.05, 3.63) is 41.0 Å². The second kappa shape index (κ2) is 8.48. The highest BCUT2D eigenvalue weighted by atomic mass is 35.5. The van der Waals surface area contributed by atoms with Crippen molar-refractivity contribution in [3.8, 4) is 0 Å². The lowest BCUT2D eigenvalue weighted by Crippen LogP contribution is -2.24. The maximum Gasteiger partial charge on any atom is 0.303 e. The van der Waals surface area contributed by atoms with Gasteiger partial charge in [0.25, 0.3) is 5.91 Å². The van der Waals surface area contributed by atoms with Crippen molar-refractivity contribution < 1.29 is 14.7 Å². The largest absolute Gasteiger partial charge is 0.481 e. The fourth-order valence-electron chi connectivity index (χ4n) is 2.38. The number of benzene rings is 1. The molecule has 0 radical (unpaired) electrons. The zero-order valence-corrected chi connectivity index (χ0v) is 13.5. The molecule has 0 saturated carbocycles. The van der Waals surface area contributed by atoms with Crippen LogP contribution in [0, 0.1) is 0 Å². The Balaban J connectivity index is 1.86. The fourth-order valence-corrected chi connectivity index (χ4v) is 2.61. The van der Waals surface area contributed by atoms with E-state index in [1.54, 1.807) is 24.4 Å². The molecule has 122 valence electrons. The molecule has 0 aliphatic carbocycles. The number of rotatable bonds is 8. The SMILES string of the molecule is O=C(O)CCCCCCNC(=O)c1cc(Cl)cc2cccnc12. The maximum absolute atomic E-state index is 12.3. The summed E-state index contributed by atoms with van der Waals surface area (Å²) in [5, 5.41) is 12.8. The molecule has 23 heavy (non-hydrogen) atoms. The fraction of sp³-hybridized carbons (Fsp3) is 0.353. The lowest BCUT2D eigenvalue weighted by Gasteiger charge is -2.08. The molecule has 0 bridgehead atoms. The van der Waals surface area contributed by atoms with Crippen LogP contribution in [-0.4, -0.2) is 28.5 Å². The summed E-state index contributed by atoms with van der Waals surface area (Å²) in [6.07, 6.45) is 5.08. The van der Waals surface area contributed by atoms with Crippen LogP contribution in [0.5, 0.6) is 0 Å². The molecule has 2 rings (SSSR count). The number of carboxylic acids is 1. The third-order valence-electron chi connectivity index (χ3n) is 3.52. The van der Waals surface area contributed by atoms with Crippen LogP contribution in [-0.2, 0) is 4.79 Å². The molecule has 1 heterocycles. The van der Waals surface area contributed by atoms with Gasteiger partial charge in [-0.3, -0.25) is 14.6 Å². The average Bonchev–Trinajstić information content (AvgIpc) is 2.52. The molecule has 1 amide bonds. The Hall–Kier alpha value is -2.14.